The van der Waals surface area contributed by atoms with E-state index in [-0.39, 0.29) is 12.5 Å². The second-order valence-corrected chi connectivity index (χ2v) is 5.33. The lowest BCUT2D eigenvalue weighted by molar-refractivity contribution is -0.136. The molecule has 1 saturated heterocycles. The van der Waals surface area contributed by atoms with Gasteiger partial charge in [0.15, 0.2) is 0 Å². The summed E-state index contributed by atoms with van der Waals surface area (Å²) in [4.78, 5) is 24.2. The number of nitrogens with zero attached hydrogens (tertiary/aromatic N) is 4. The number of hydrogen-bond acceptors (Lipinski definition) is 6. The Morgan fingerprint density at radius 2 is 1.95 bits per heavy atom. The van der Waals surface area contributed by atoms with Gasteiger partial charge in [0.25, 0.3) is 0 Å². The number of anilines is 1. The van der Waals surface area contributed by atoms with Gasteiger partial charge >= 0.3 is 0 Å². The number of ether oxygens (including phenoxy) is 1. The third kappa shape index (κ3) is 4.12. The van der Waals surface area contributed by atoms with E-state index in [0.717, 1.165) is 17.6 Å². The van der Waals surface area contributed by atoms with E-state index in [2.05, 4.69) is 30.8 Å². The molecule has 2 rings (SSSR count). The summed E-state index contributed by atoms with van der Waals surface area (Å²) in [5.74, 6) is 0.703. The van der Waals surface area contributed by atoms with Crippen molar-refractivity contribution in [2.75, 3.05) is 50.8 Å². The number of rotatable bonds is 5. The molecule has 110 valence electrons. The second kappa shape index (κ2) is 7.51. The monoisotopic (exact) mass is 343 g/mol. The van der Waals surface area contributed by atoms with Crippen LogP contribution in [0.2, 0.25) is 0 Å². The Morgan fingerprint density at radius 1 is 1.30 bits per heavy atom. The molecule has 0 spiro atoms. The summed E-state index contributed by atoms with van der Waals surface area (Å²) in [7, 11) is 0. The van der Waals surface area contributed by atoms with Crippen molar-refractivity contribution in [1.82, 2.24) is 14.9 Å². The Kier molecular flexibility index (Phi) is 5.69. The molecule has 2 N–H and O–H groups in total. The Morgan fingerprint density at radius 3 is 2.55 bits per heavy atom. The Labute approximate surface area is 126 Å². The minimum absolute atomic E-state index is 0.00910. The fraction of sp³-hybridized carbons (Fsp3) is 0.583. The van der Waals surface area contributed by atoms with Crippen LogP contribution in [0.1, 0.15) is 0 Å². The van der Waals surface area contributed by atoms with Gasteiger partial charge in [0.05, 0.1) is 11.1 Å². The molecule has 1 aromatic heterocycles. The molecule has 0 aliphatic carbocycles. The minimum atomic E-state index is 0.00910. The molecule has 0 aromatic carbocycles. The third-order valence-corrected chi connectivity index (χ3v) is 3.42. The molecule has 1 amide bonds. The summed E-state index contributed by atoms with van der Waals surface area (Å²) in [6.45, 7) is 3.72. The lowest BCUT2D eigenvalue weighted by Crippen LogP contribution is -2.50. The summed E-state index contributed by atoms with van der Waals surface area (Å²) >= 11 is 3.31. The van der Waals surface area contributed by atoms with Gasteiger partial charge in [-0.05, 0) is 15.9 Å². The Balaban J connectivity index is 1.80. The zero-order valence-corrected chi connectivity index (χ0v) is 12.8. The fourth-order valence-electron chi connectivity index (χ4n) is 1.96. The van der Waals surface area contributed by atoms with Gasteiger partial charge in [-0.1, -0.05) is 0 Å². The predicted molar refractivity (Wildman–Crippen MR) is 78.4 cm³/mol. The van der Waals surface area contributed by atoms with E-state index in [1.807, 2.05) is 0 Å². The van der Waals surface area contributed by atoms with E-state index in [9.17, 15) is 4.79 Å². The maximum Gasteiger partial charge on any atom is 0.248 e. The van der Waals surface area contributed by atoms with E-state index < -0.39 is 0 Å². The van der Waals surface area contributed by atoms with E-state index in [4.69, 9.17) is 10.5 Å². The van der Waals surface area contributed by atoms with Gasteiger partial charge in [0.1, 0.15) is 6.61 Å². The minimum Gasteiger partial charge on any atom is -0.370 e. The summed E-state index contributed by atoms with van der Waals surface area (Å²) in [5.41, 5.74) is 5.31. The number of hydrogen-bond donors (Lipinski definition) is 1. The van der Waals surface area contributed by atoms with Gasteiger partial charge in [0, 0.05) is 45.1 Å². The first-order valence-corrected chi connectivity index (χ1v) is 7.28. The summed E-state index contributed by atoms with van der Waals surface area (Å²) in [6.07, 6.45) is 3.45. The zero-order chi connectivity index (χ0) is 14.4. The van der Waals surface area contributed by atoms with Crippen molar-refractivity contribution in [2.24, 2.45) is 5.73 Å². The molecule has 7 nitrogen and oxygen atoms in total. The van der Waals surface area contributed by atoms with Gasteiger partial charge in [-0.15, -0.1) is 0 Å². The van der Waals surface area contributed by atoms with Gasteiger partial charge < -0.3 is 20.3 Å². The first-order valence-electron chi connectivity index (χ1n) is 6.49. The van der Waals surface area contributed by atoms with Crippen LogP contribution in [-0.4, -0.2) is 66.7 Å². The Bertz CT molecular complexity index is 434. The molecule has 0 radical (unpaired) electrons. The molecule has 0 saturated carbocycles. The van der Waals surface area contributed by atoms with Gasteiger partial charge in [-0.3, -0.25) is 4.79 Å². The maximum atomic E-state index is 11.9. The molecule has 1 aliphatic rings. The normalized spacial score (nSPS) is 15.5. The van der Waals surface area contributed by atoms with Crippen LogP contribution >= 0.6 is 15.9 Å². The largest absolute Gasteiger partial charge is 0.370 e. The highest BCUT2D eigenvalue weighted by Gasteiger charge is 2.22. The van der Waals surface area contributed by atoms with Crippen LogP contribution in [0.15, 0.2) is 16.9 Å². The van der Waals surface area contributed by atoms with Crippen LogP contribution in [0.25, 0.3) is 0 Å². The standard InChI is InChI=1S/C12H18BrN5O2/c13-10-7-15-12(16-8-10)18-4-2-17(3-5-18)11(19)9-20-6-1-14/h7-8H,1-6,9,14H2. The lowest BCUT2D eigenvalue weighted by Gasteiger charge is -2.34. The SMILES string of the molecule is NCCOCC(=O)N1CCN(c2ncc(Br)cn2)CC1. The van der Waals surface area contributed by atoms with Crippen LogP contribution in [0.5, 0.6) is 0 Å². The molecule has 1 aliphatic heterocycles. The molecule has 0 unspecified atom stereocenters. The van der Waals surface area contributed by atoms with Crippen molar-refractivity contribution in [3.05, 3.63) is 16.9 Å². The molecule has 0 bridgehead atoms. The van der Waals surface area contributed by atoms with E-state index in [1.54, 1.807) is 17.3 Å². The highest BCUT2D eigenvalue weighted by Crippen LogP contribution is 2.13. The van der Waals surface area contributed by atoms with Crippen LogP contribution < -0.4 is 10.6 Å². The number of aromatic nitrogens is 2. The van der Waals surface area contributed by atoms with Crippen LogP contribution in [0, 0.1) is 0 Å². The summed E-state index contributed by atoms with van der Waals surface area (Å²) in [5, 5.41) is 0. The zero-order valence-electron chi connectivity index (χ0n) is 11.2. The molecular weight excluding hydrogens is 326 g/mol. The number of carbonyl (C=O) groups is 1. The van der Waals surface area contributed by atoms with Crippen molar-refractivity contribution in [3.8, 4) is 0 Å². The fourth-order valence-corrected chi connectivity index (χ4v) is 2.16. The van der Waals surface area contributed by atoms with Crippen molar-refractivity contribution >= 4 is 27.8 Å². The van der Waals surface area contributed by atoms with Crippen LogP contribution in [0.3, 0.4) is 0 Å². The maximum absolute atomic E-state index is 11.9. The molecule has 2 heterocycles. The first-order chi connectivity index (χ1) is 9.70. The number of amides is 1. The third-order valence-electron chi connectivity index (χ3n) is 3.01. The van der Waals surface area contributed by atoms with Gasteiger partial charge in [0.2, 0.25) is 11.9 Å². The Hall–Kier alpha value is -1.25. The van der Waals surface area contributed by atoms with Crippen molar-refractivity contribution < 1.29 is 9.53 Å². The van der Waals surface area contributed by atoms with Crippen molar-refractivity contribution in [2.45, 2.75) is 0 Å². The highest BCUT2D eigenvalue weighted by molar-refractivity contribution is 9.10. The number of nitrogens with two attached hydrogens (primary N) is 1. The molecule has 1 aromatic rings. The average Bonchev–Trinajstić information content (AvgIpc) is 2.48. The van der Waals surface area contributed by atoms with Crippen molar-refractivity contribution in [1.29, 1.82) is 0 Å². The van der Waals surface area contributed by atoms with Gasteiger partial charge in [-0.25, -0.2) is 9.97 Å². The van der Waals surface area contributed by atoms with Crippen LogP contribution in [-0.2, 0) is 9.53 Å². The highest BCUT2D eigenvalue weighted by atomic mass is 79.9. The molecule has 1 fully saturated rings. The molecule has 0 atom stereocenters. The van der Waals surface area contributed by atoms with E-state index in [0.29, 0.717) is 32.2 Å². The van der Waals surface area contributed by atoms with Crippen molar-refractivity contribution in [3.63, 3.8) is 0 Å². The summed E-state index contributed by atoms with van der Waals surface area (Å²) in [6, 6.07) is 0. The van der Waals surface area contributed by atoms with E-state index >= 15 is 0 Å². The van der Waals surface area contributed by atoms with E-state index in [1.165, 1.54) is 0 Å². The number of piperazine rings is 1. The molecular formula is C12H18BrN5O2. The topological polar surface area (TPSA) is 84.6 Å². The molecule has 8 heteroatoms. The average molecular weight is 344 g/mol. The van der Waals surface area contributed by atoms with Gasteiger partial charge in [-0.2, -0.15) is 0 Å². The number of carbonyl (C=O) groups excluding carboxylic acids is 1. The molecule has 20 heavy (non-hydrogen) atoms. The van der Waals surface area contributed by atoms with Crippen LogP contribution in [0.4, 0.5) is 5.95 Å². The second-order valence-electron chi connectivity index (χ2n) is 4.41. The summed E-state index contributed by atoms with van der Waals surface area (Å²) < 4.78 is 6.02. The lowest BCUT2D eigenvalue weighted by atomic mass is 10.3. The smallest absolute Gasteiger partial charge is 0.248 e. The quantitative estimate of drug-likeness (QED) is 0.749. The number of halogens is 1. The first kappa shape index (κ1) is 15.1. The predicted octanol–water partition coefficient (Wildman–Crippen LogP) is -0.137.